The fourth-order valence-electron chi connectivity index (χ4n) is 10.3. The molecule has 0 aliphatic carbocycles. The van der Waals surface area contributed by atoms with Gasteiger partial charge in [0.25, 0.3) is 5.79 Å². The number of rotatable bonds is 42. The Labute approximate surface area is 473 Å². The van der Waals surface area contributed by atoms with E-state index in [9.17, 15) is 75.7 Å². The van der Waals surface area contributed by atoms with E-state index in [-0.39, 0.29) is 12.3 Å². The van der Waals surface area contributed by atoms with E-state index in [1.165, 1.54) is 64.2 Å². The zero-order chi connectivity index (χ0) is 59.0. The second-order valence-electron chi connectivity index (χ2n) is 21.9. The summed E-state index contributed by atoms with van der Waals surface area (Å²) < 4.78 is 34.6. The van der Waals surface area contributed by atoms with E-state index < -0.39 is 155 Å². The van der Waals surface area contributed by atoms with Crippen LogP contribution in [-0.2, 0) is 42.8 Å². The highest BCUT2D eigenvalue weighted by molar-refractivity contribution is 5.77. The molecule has 0 aromatic heterocycles. The first-order chi connectivity index (χ1) is 38.4. The van der Waals surface area contributed by atoms with Gasteiger partial charge in [0, 0.05) is 19.8 Å². The van der Waals surface area contributed by atoms with E-state index in [1.807, 2.05) is 6.08 Å². The Morgan fingerprint density at radius 1 is 0.650 bits per heavy atom. The molecule has 3 saturated heterocycles. The highest BCUT2D eigenvalue weighted by atomic mass is 16.8. The van der Waals surface area contributed by atoms with Crippen molar-refractivity contribution in [3.05, 3.63) is 24.3 Å². The van der Waals surface area contributed by atoms with Crippen LogP contribution in [0.15, 0.2) is 24.3 Å². The summed E-state index contributed by atoms with van der Waals surface area (Å²) in [6, 6.07) is -2.62. The van der Waals surface area contributed by atoms with Crippen LogP contribution < -0.4 is 10.6 Å². The predicted molar refractivity (Wildman–Crippen MR) is 292 cm³/mol. The van der Waals surface area contributed by atoms with Gasteiger partial charge in [-0.05, 0) is 44.9 Å². The standard InChI is InChI=1S/C57H102N2O21/c1-4-6-8-10-12-14-16-17-18-19-21-23-25-27-29-31-44(67)59-38(39(64)30-28-26-24-22-20-15-13-11-9-7-5-2)36-75-54-49(71)48(70)51(43(35-62)77-54)78-55-50(72)53(47(69)42(34-61)76-55)80-57(56(73)74)32-40(65)45(58-37(3)63)52(79-57)46(68)41(66)33-60/h14,16,28,30,38-43,45-55,60-62,64-66,68-72H,4-13,15,17-27,29,31-36H2,1-3H3,(H,58,63)(H,59,67)(H,73,74)/b16-14-,30-28+. The zero-order valence-corrected chi connectivity index (χ0v) is 47.7. The van der Waals surface area contributed by atoms with E-state index in [0.717, 1.165) is 77.6 Å². The van der Waals surface area contributed by atoms with Gasteiger partial charge >= 0.3 is 5.97 Å². The molecule has 3 heterocycles. The van der Waals surface area contributed by atoms with Crippen molar-refractivity contribution in [3.63, 3.8) is 0 Å². The van der Waals surface area contributed by atoms with Crippen molar-refractivity contribution in [2.24, 2.45) is 0 Å². The number of aliphatic hydroxyl groups is 11. The highest BCUT2D eigenvalue weighted by Crippen LogP contribution is 2.38. The third-order valence-corrected chi connectivity index (χ3v) is 15.1. The number of carboxylic acids is 1. The van der Waals surface area contributed by atoms with Crippen LogP contribution in [0.2, 0.25) is 0 Å². The molecule has 0 aromatic rings. The van der Waals surface area contributed by atoms with E-state index in [4.69, 9.17) is 28.4 Å². The monoisotopic (exact) mass is 1150 g/mol. The minimum Gasteiger partial charge on any atom is -0.477 e. The molecule has 0 bridgehead atoms. The normalized spacial score (nSPS) is 30.8. The molecule has 3 aliphatic heterocycles. The second-order valence-corrected chi connectivity index (χ2v) is 21.9. The number of carbonyl (C=O) groups excluding carboxylic acids is 2. The molecule has 3 rings (SSSR count). The van der Waals surface area contributed by atoms with Crippen LogP contribution in [-0.4, -0.2) is 215 Å². The van der Waals surface area contributed by atoms with Crippen molar-refractivity contribution < 1.29 is 104 Å². The molecule has 0 spiro atoms. The maximum absolute atomic E-state index is 13.3. The van der Waals surface area contributed by atoms with Gasteiger partial charge in [0.15, 0.2) is 12.6 Å². The van der Waals surface area contributed by atoms with Crippen LogP contribution in [0.1, 0.15) is 181 Å². The number of ether oxygens (including phenoxy) is 6. The fourth-order valence-corrected chi connectivity index (χ4v) is 10.3. The topological polar surface area (TPSA) is 373 Å². The number of allylic oxidation sites excluding steroid dienone is 3. The number of aliphatic hydroxyl groups excluding tert-OH is 11. The van der Waals surface area contributed by atoms with Gasteiger partial charge in [0.05, 0.1) is 50.7 Å². The highest BCUT2D eigenvalue weighted by Gasteiger charge is 2.60. The molecule has 23 heteroatoms. The molecule has 14 N–H and O–H groups in total. The van der Waals surface area contributed by atoms with Crippen molar-refractivity contribution in [1.82, 2.24) is 10.6 Å². The maximum Gasteiger partial charge on any atom is 0.364 e. The Kier molecular flexibility index (Phi) is 35.5. The number of unbranched alkanes of at least 4 members (excludes halogenated alkanes) is 20. The number of hydrogen-bond donors (Lipinski definition) is 14. The molecule has 80 heavy (non-hydrogen) atoms. The summed E-state index contributed by atoms with van der Waals surface area (Å²) in [6.07, 6.45) is 4.00. The number of hydrogen-bond acceptors (Lipinski definition) is 20. The van der Waals surface area contributed by atoms with Crippen molar-refractivity contribution in [1.29, 1.82) is 0 Å². The molecule has 3 fully saturated rings. The van der Waals surface area contributed by atoms with Crippen LogP contribution in [0.3, 0.4) is 0 Å². The van der Waals surface area contributed by atoms with E-state index >= 15 is 0 Å². The van der Waals surface area contributed by atoms with Crippen LogP contribution in [0.4, 0.5) is 0 Å². The number of carbonyl (C=O) groups is 3. The van der Waals surface area contributed by atoms with Gasteiger partial charge in [-0.15, -0.1) is 0 Å². The molecular formula is C57H102N2O21. The third-order valence-electron chi connectivity index (χ3n) is 15.1. The molecule has 0 radical (unpaired) electrons. The average molecular weight is 1150 g/mol. The number of carboxylic acid groups (broad SMARTS) is 1. The van der Waals surface area contributed by atoms with Crippen molar-refractivity contribution >= 4 is 17.8 Å². The number of amides is 2. The summed E-state index contributed by atoms with van der Waals surface area (Å²) in [5, 5.41) is 135. The molecule has 466 valence electrons. The Morgan fingerprint density at radius 3 is 1.71 bits per heavy atom. The Hall–Kier alpha value is -2.79. The van der Waals surface area contributed by atoms with Gasteiger partial charge in [-0.25, -0.2) is 4.79 Å². The van der Waals surface area contributed by atoms with Crippen LogP contribution in [0.5, 0.6) is 0 Å². The predicted octanol–water partition coefficient (Wildman–Crippen LogP) is 2.16. The maximum atomic E-state index is 13.3. The number of nitrogens with one attached hydrogen (secondary N) is 2. The Bertz CT molecular complexity index is 1750. The summed E-state index contributed by atoms with van der Waals surface area (Å²) in [7, 11) is 0. The minimum atomic E-state index is -3.08. The number of aliphatic carboxylic acids is 1. The largest absolute Gasteiger partial charge is 0.477 e. The van der Waals surface area contributed by atoms with Crippen molar-refractivity contribution in [2.45, 2.75) is 291 Å². The van der Waals surface area contributed by atoms with E-state index in [1.54, 1.807) is 6.08 Å². The third kappa shape index (κ3) is 24.1. The lowest BCUT2D eigenvalue weighted by Crippen LogP contribution is -2.70. The first kappa shape index (κ1) is 71.5. The lowest BCUT2D eigenvalue weighted by molar-refractivity contribution is -0.386. The molecule has 18 unspecified atom stereocenters. The average Bonchev–Trinajstić information content (AvgIpc) is 3.47. The van der Waals surface area contributed by atoms with E-state index in [2.05, 4.69) is 36.6 Å². The van der Waals surface area contributed by atoms with Gasteiger partial charge in [0.2, 0.25) is 11.8 Å². The molecule has 2 amide bonds. The summed E-state index contributed by atoms with van der Waals surface area (Å²) >= 11 is 0. The Morgan fingerprint density at radius 2 is 1.18 bits per heavy atom. The van der Waals surface area contributed by atoms with E-state index in [0.29, 0.717) is 12.8 Å². The molecular weight excluding hydrogens is 1050 g/mol. The minimum absolute atomic E-state index is 0.195. The van der Waals surface area contributed by atoms with Gasteiger partial charge < -0.3 is 100 Å². The smallest absolute Gasteiger partial charge is 0.364 e. The summed E-state index contributed by atoms with van der Waals surface area (Å²) in [5.41, 5.74) is 0. The summed E-state index contributed by atoms with van der Waals surface area (Å²) in [4.78, 5) is 38.3. The molecule has 0 aromatic carbocycles. The van der Waals surface area contributed by atoms with Gasteiger partial charge in [0.1, 0.15) is 67.1 Å². The lowest BCUT2D eigenvalue weighted by Gasteiger charge is -2.50. The molecule has 0 saturated carbocycles. The zero-order valence-electron chi connectivity index (χ0n) is 47.7. The summed E-state index contributed by atoms with van der Waals surface area (Å²) in [5.74, 6) is -6.15. The van der Waals surface area contributed by atoms with Gasteiger partial charge in [-0.2, -0.15) is 0 Å². The van der Waals surface area contributed by atoms with Crippen LogP contribution in [0.25, 0.3) is 0 Å². The van der Waals surface area contributed by atoms with Crippen LogP contribution in [0, 0.1) is 0 Å². The van der Waals surface area contributed by atoms with Crippen molar-refractivity contribution in [2.75, 3.05) is 26.4 Å². The Balaban J connectivity index is 1.68. The van der Waals surface area contributed by atoms with Gasteiger partial charge in [-0.3, -0.25) is 9.59 Å². The van der Waals surface area contributed by atoms with Gasteiger partial charge in [-0.1, -0.05) is 141 Å². The fraction of sp³-hybridized carbons (Fsp3) is 0.877. The lowest BCUT2D eigenvalue weighted by atomic mass is 9.88. The SMILES string of the molecule is CCCCCC/C=C\CCCCCCCCCC(=O)NC(COC1OC(CO)C(OC2OC(CO)C(O)C(OC3(C(=O)O)CC(O)C(NC(C)=O)C(C(O)C(O)CO)O3)C2O)C(O)C1O)C(O)/C=C/CCCCCCCCCCC. The first-order valence-corrected chi connectivity index (χ1v) is 29.7. The molecule has 18 atom stereocenters. The summed E-state index contributed by atoms with van der Waals surface area (Å²) in [6.45, 7) is 2.05. The first-order valence-electron chi connectivity index (χ1n) is 29.7. The molecule has 3 aliphatic rings. The second kappa shape index (κ2) is 39.7. The van der Waals surface area contributed by atoms with Crippen LogP contribution >= 0.6 is 0 Å². The van der Waals surface area contributed by atoms with Crippen molar-refractivity contribution in [3.8, 4) is 0 Å². The molecule has 23 nitrogen and oxygen atoms in total. The quantitative estimate of drug-likeness (QED) is 0.0308.